The summed E-state index contributed by atoms with van der Waals surface area (Å²) < 4.78 is 5.04. The zero-order chi connectivity index (χ0) is 22.1. The lowest BCUT2D eigenvalue weighted by Gasteiger charge is -2.22. The van der Waals surface area contributed by atoms with E-state index in [9.17, 15) is 24.5 Å². The number of nitrogens with zero attached hydrogens (tertiary/aromatic N) is 2. The van der Waals surface area contributed by atoms with Crippen LogP contribution in [0.25, 0.3) is 0 Å². The molecule has 0 spiro atoms. The highest BCUT2D eigenvalue weighted by atomic mass is 35.5. The van der Waals surface area contributed by atoms with E-state index < -0.39 is 34.9 Å². The molecule has 2 aromatic rings. The SMILES string of the molecule is COc1ccc(NC(=O)CN2C(=O)NC(C)(c3cccc([N+](=O)[O-])c3)C2=O)cc1Cl. The van der Waals surface area contributed by atoms with Crippen molar-refractivity contribution in [1.82, 2.24) is 10.2 Å². The Balaban J connectivity index is 1.76. The van der Waals surface area contributed by atoms with Crippen LogP contribution in [0.2, 0.25) is 5.02 Å². The summed E-state index contributed by atoms with van der Waals surface area (Å²) in [4.78, 5) is 48.8. The van der Waals surface area contributed by atoms with E-state index in [-0.39, 0.29) is 16.3 Å². The predicted octanol–water partition coefficient (Wildman–Crippen LogP) is 2.66. The lowest BCUT2D eigenvalue weighted by atomic mass is 9.91. The van der Waals surface area contributed by atoms with Crippen LogP contribution in [0, 0.1) is 10.1 Å². The van der Waals surface area contributed by atoms with E-state index in [1.165, 1.54) is 44.4 Å². The number of ether oxygens (including phenoxy) is 1. The highest BCUT2D eigenvalue weighted by Crippen LogP contribution is 2.31. The summed E-state index contributed by atoms with van der Waals surface area (Å²) in [6.45, 7) is 0.881. The maximum Gasteiger partial charge on any atom is 0.325 e. The van der Waals surface area contributed by atoms with Gasteiger partial charge in [-0.1, -0.05) is 23.7 Å². The minimum Gasteiger partial charge on any atom is -0.495 e. The minimum absolute atomic E-state index is 0.219. The predicted molar refractivity (Wildman–Crippen MR) is 107 cm³/mol. The summed E-state index contributed by atoms with van der Waals surface area (Å²) >= 11 is 6.02. The summed E-state index contributed by atoms with van der Waals surface area (Å²) in [7, 11) is 1.45. The molecule has 0 radical (unpaired) electrons. The zero-order valence-corrected chi connectivity index (χ0v) is 16.7. The number of urea groups is 1. The number of methoxy groups -OCH3 is 1. The quantitative estimate of drug-likeness (QED) is 0.410. The number of nitrogens with one attached hydrogen (secondary N) is 2. The van der Waals surface area contributed by atoms with Crippen molar-refractivity contribution < 1.29 is 24.0 Å². The zero-order valence-electron chi connectivity index (χ0n) is 16.0. The fraction of sp³-hybridized carbons (Fsp3) is 0.211. The van der Waals surface area contributed by atoms with Crippen LogP contribution in [0.5, 0.6) is 5.75 Å². The van der Waals surface area contributed by atoms with E-state index in [4.69, 9.17) is 16.3 Å². The smallest absolute Gasteiger partial charge is 0.325 e. The van der Waals surface area contributed by atoms with Gasteiger partial charge in [-0.2, -0.15) is 0 Å². The summed E-state index contributed by atoms with van der Waals surface area (Å²) in [6, 6.07) is 9.21. The Bertz CT molecular complexity index is 1060. The van der Waals surface area contributed by atoms with Crippen molar-refractivity contribution >= 4 is 40.8 Å². The number of benzene rings is 2. The Morgan fingerprint density at radius 3 is 2.67 bits per heavy atom. The first kappa shape index (κ1) is 21.1. The number of carbonyl (C=O) groups is 3. The van der Waals surface area contributed by atoms with E-state index in [1.54, 1.807) is 12.1 Å². The van der Waals surface area contributed by atoms with Crippen LogP contribution in [0.15, 0.2) is 42.5 Å². The van der Waals surface area contributed by atoms with Crippen molar-refractivity contribution in [3.05, 3.63) is 63.2 Å². The molecule has 1 saturated heterocycles. The molecule has 0 aliphatic carbocycles. The third-order valence-corrected chi connectivity index (χ3v) is 4.94. The van der Waals surface area contributed by atoms with E-state index >= 15 is 0 Å². The molecule has 3 rings (SSSR count). The summed E-state index contributed by atoms with van der Waals surface area (Å²) in [5.41, 5.74) is -1.16. The molecular weight excluding hydrogens is 416 g/mol. The third kappa shape index (κ3) is 3.90. The number of amides is 4. The van der Waals surface area contributed by atoms with Crippen molar-refractivity contribution in [2.24, 2.45) is 0 Å². The average Bonchev–Trinajstić information content (AvgIpc) is 2.92. The van der Waals surface area contributed by atoms with Gasteiger partial charge in [0, 0.05) is 17.8 Å². The second-order valence-corrected chi connectivity index (χ2v) is 7.06. The number of halogens is 1. The van der Waals surface area contributed by atoms with Gasteiger partial charge in [0.05, 0.1) is 17.1 Å². The van der Waals surface area contributed by atoms with E-state index in [0.717, 1.165) is 4.90 Å². The number of carbonyl (C=O) groups excluding carboxylic acids is 3. The lowest BCUT2D eigenvalue weighted by Crippen LogP contribution is -2.42. The van der Waals surface area contributed by atoms with Gasteiger partial charge < -0.3 is 15.4 Å². The van der Waals surface area contributed by atoms with Gasteiger partial charge in [0.1, 0.15) is 17.8 Å². The molecule has 0 saturated carbocycles. The van der Waals surface area contributed by atoms with Crippen molar-refractivity contribution in [2.75, 3.05) is 19.0 Å². The summed E-state index contributed by atoms with van der Waals surface area (Å²) in [5, 5.41) is 16.4. The van der Waals surface area contributed by atoms with Gasteiger partial charge in [-0.25, -0.2) is 4.79 Å². The first-order valence-corrected chi connectivity index (χ1v) is 9.06. The van der Waals surface area contributed by atoms with E-state index in [1.807, 2.05) is 0 Å². The Morgan fingerprint density at radius 1 is 1.30 bits per heavy atom. The Kier molecular flexibility index (Phi) is 5.61. The van der Waals surface area contributed by atoms with Crippen LogP contribution in [-0.2, 0) is 15.1 Å². The van der Waals surface area contributed by atoms with Crippen LogP contribution in [0.3, 0.4) is 0 Å². The van der Waals surface area contributed by atoms with Crippen molar-refractivity contribution in [3.8, 4) is 5.75 Å². The summed E-state index contributed by atoms with van der Waals surface area (Å²) in [5.74, 6) is -0.893. The monoisotopic (exact) mass is 432 g/mol. The second-order valence-electron chi connectivity index (χ2n) is 6.65. The van der Waals surface area contributed by atoms with Crippen molar-refractivity contribution in [2.45, 2.75) is 12.5 Å². The largest absolute Gasteiger partial charge is 0.495 e. The van der Waals surface area contributed by atoms with Gasteiger partial charge in [0.25, 0.3) is 11.6 Å². The molecule has 10 nitrogen and oxygen atoms in total. The molecule has 11 heteroatoms. The van der Waals surface area contributed by atoms with Crippen LogP contribution >= 0.6 is 11.6 Å². The summed E-state index contributed by atoms with van der Waals surface area (Å²) in [6.07, 6.45) is 0. The molecule has 1 fully saturated rings. The van der Waals surface area contributed by atoms with Gasteiger partial charge in [-0.3, -0.25) is 24.6 Å². The van der Waals surface area contributed by atoms with Gasteiger partial charge in [0.2, 0.25) is 5.91 Å². The topological polar surface area (TPSA) is 131 Å². The number of rotatable bonds is 6. The number of hydrogen-bond donors (Lipinski definition) is 2. The first-order chi connectivity index (χ1) is 14.2. The molecule has 30 heavy (non-hydrogen) atoms. The standard InChI is InChI=1S/C19H17ClN4O6/c1-19(11-4-3-5-13(8-11)24(28)29)17(26)23(18(27)22-19)10-16(25)21-12-6-7-15(30-2)14(20)9-12/h3-9H,10H2,1-2H3,(H,21,25)(H,22,27). The van der Waals surface area contributed by atoms with Gasteiger partial charge >= 0.3 is 6.03 Å². The van der Waals surface area contributed by atoms with Crippen LogP contribution in [-0.4, -0.2) is 41.3 Å². The fourth-order valence-electron chi connectivity index (χ4n) is 3.05. The highest BCUT2D eigenvalue weighted by Gasteiger charge is 2.49. The second kappa shape index (κ2) is 7.99. The third-order valence-electron chi connectivity index (χ3n) is 4.65. The molecular formula is C19H17ClN4O6. The Labute approximate surface area is 175 Å². The number of non-ortho nitro benzene ring substituents is 1. The molecule has 0 bridgehead atoms. The molecule has 0 aromatic heterocycles. The van der Waals surface area contributed by atoms with Crippen molar-refractivity contribution in [1.29, 1.82) is 0 Å². The Hall–Kier alpha value is -3.66. The number of anilines is 1. The highest BCUT2D eigenvalue weighted by molar-refractivity contribution is 6.32. The molecule has 1 heterocycles. The van der Waals surface area contributed by atoms with Crippen LogP contribution < -0.4 is 15.4 Å². The minimum atomic E-state index is -1.53. The maximum absolute atomic E-state index is 12.9. The van der Waals surface area contributed by atoms with Gasteiger partial charge in [-0.15, -0.1) is 0 Å². The molecule has 2 N–H and O–H groups in total. The molecule has 1 aliphatic heterocycles. The van der Waals surface area contributed by atoms with Crippen molar-refractivity contribution in [3.63, 3.8) is 0 Å². The van der Waals surface area contributed by atoms with Crippen LogP contribution in [0.1, 0.15) is 12.5 Å². The number of hydrogen-bond acceptors (Lipinski definition) is 6. The number of nitro groups is 1. The molecule has 156 valence electrons. The maximum atomic E-state index is 12.9. The molecule has 1 atom stereocenters. The molecule has 4 amide bonds. The lowest BCUT2D eigenvalue weighted by molar-refractivity contribution is -0.385. The number of imide groups is 1. The first-order valence-electron chi connectivity index (χ1n) is 8.68. The number of nitro benzene ring substituents is 1. The molecule has 2 aromatic carbocycles. The Morgan fingerprint density at radius 2 is 2.03 bits per heavy atom. The van der Waals surface area contributed by atoms with Gasteiger partial charge in [-0.05, 0) is 30.7 Å². The van der Waals surface area contributed by atoms with Crippen LogP contribution in [0.4, 0.5) is 16.2 Å². The van der Waals surface area contributed by atoms with Gasteiger partial charge in [0.15, 0.2) is 0 Å². The van der Waals surface area contributed by atoms with E-state index in [2.05, 4.69) is 10.6 Å². The fourth-order valence-corrected chi connectivity index (χ4v) is 3.31. The molecule has 1 unspecified atom stereocenters. The average molecular weight is 433 g/mol. The molecule has 1 aliphatic rings. The van der Waals surface area contributed by atoms with E-state index in [0.29, 0.717) is 11.4 Å². The normalized spacial score (nSPS) is 18.2.